The first kappa shape index (κ1) is 13.1. The van der Waals surface area contributed by atoms with Crippen LogP contribution in [0.15, 0.2) is 11.6 Å². The van der Waals surface area contributed by atoms with Crippen LogP contribution in [0, 0.1) is 5.41 Å². The fraction of sp³-hybridized carbons (Fsp3) is 0.667. The van der Waals surface area contributed by atoms with E-state index in [0.29, 0.717) is 0 Å². The van der Waals surface area contributed by atoms with Crippen molar-refractivity contribution < 1.29 is 9.47 Å². The Bertz CT molecular complexity index is 277. The Morgan fingerprint density at radius 3 is 2.56 bits per heavy atom. The molecule has 16 heavy (non-hydrogen) atoms. The van der Waals surface area contributed by atoms with E-state index in [4.69, 9.17) is 32.3 Å². The van der Waals surface area contributed by atoms with E-state index in [9.17, 15) is 0 Å². The summed E-state index contributed by atoms with van der Waals surface area (Å²) >= 11 is 5.55. The second-order valence-electron chi connectivity index (χ2n) is 3.39. The lowest BCUT2D eigenvalue weighted by molar-refractivity contribution is 0.0656. The molecule has 0 spiro atoms. The number of nitrogens with one attached hydrogen (secondary N) is 3. The molecule has 1 heterocycles. The zero-order valence-corrected chi connectivity index (χ0v) is 9.93. The molecule has 1 rings (SSSR count). The van der Waals surface area contributed by atoms with Gasteiger partial charge in [0.15, 0.2) is 5.17 Å². The summed E-state index contributed by atoms with van der Waals surface area (Å²) in [5.41, 5.74) is 2.37. The zero-order valence-electron chi connectivity index (χ0n) is 9.18. The molecule has 1 aliphatic heterocycles. The molecule has 0 bridgehead atoms. The van der Waals surface area contributed by atoms with Gasteiger partial charge in [0.25, 0.3) is 0 Å². The third kappa shape index (κ3) is 3.55. The number of methoxy groups -OCH3 is 1. The number of allylic oxidation sites excluding steroid dienone is 1. The summed E-state index contributed by atoms with van der Waals surface area (Å²) in [7, 11) is 1.41. The van der Waals surface area contributed by atoms with Crippen LogP contribution in [0.1, 0.15) is 12.8 Å². The predicted molar refractivity (Wildman–Crippen MR) is 61.9 cm³/mol. The van der Waals surface area contributed by atoms with Crippen molar-refractivity contribution in [1.29, 1.82) is 5.41 Å². The van der Waals surface area contributed by atoms with Gasteiger partial charge in [-0.05, 0) is 25.9 Å². The maximum Gasteiger partial charge on any atom is 0.248 e. The van der Waals surface area contributed by atoms with Gasteiger partial charge in [-0.15, -0.1) is 0 Å². The molecule has 6 nitrogen and oxygen atoms in total. The molecular formula is C9H17ClN4O2. The fourth-order valence-electron chi connectivity index (χ4n) is 1.52. The van der Waals surface area contributed by atoms with Gasteiger partial charge in [0.05, 0.1) is 7.11 Å². The predicted octanol–water partition coefficient (Wildman–Crippen LogP) is 0.250. The summed E-state index contributed by atoms with van der Waals surface area (Å²) in [6.45, 7) is 1.81. The number of hydrogen-bond donors (Lipinski definition) is 4. The van der Waals surface area contributed by atoms with E-state index >= 15 is 0 Å². The lowest BCUT2D eigenvalue weighted by Crippen LogP contribution is -2.36. The van der Waals surface area contributed by atoms with Gasteiger partial charge >= 0.3 is 0 Å². The molecular weight excluding hydrogens is 232 g/mol. The lowest BCUT2D eigenvalue weighted by atomic mass is 10.1. The fourth-order valence-corrected chi connectivity index (χ4v) is 1.68. The van der Waals surface area contributed by atoms with Crippen molar-refractivity contribution in [1.82, 2.24) is 10.7 Å². The number of hydrazine groups is 1. The molecule has 0 aromatic carbocycles. The molecule has 0 atom stereocenters. The Kier molecular flexibility index (Phi) is 5.37. The molecule has 0 radical (unpaired) electrons. The summed E-state index contributed by atoms with van der Waals surface area (Å²) < 4.78 is 10.6. The van der Waals surface area contributed by atoms with E-state index < -0.39 is 0 Å². The molecule has 0 saturated carbocycles. The largest absolute Gasteiger partial charge is 0.489 e. The molecule has 0 unspecified atom stereocenters. The van der Waals surface area contributed by atoms with Gasteiger partial charge < -0.3 is 14.8 Å². The van der Waals surface area contributed by atoms with Crippen LogP contribution in [-0.4, -0.2) is 31.5 Å². The SMILES string of the molecule is CO/C(C(=N)Cl)=C(/NN)OC1CCNCC1. The molecule has 0 aliphatic carbocycles. The van der Waals surface area contributed by atoms with Crippen LogP contribution in [0.2, 0.25) is 0 Å². The lowest BCUT2D eigenvalue weighted by Gasteiger charge is -2.25. The number of hydrogen-bond acceptors (Lipinski definition) is 6. The normalized spacial score (nSPS) is 18.7. The van der Waals surface area contributed by atoms with Gasteiger partial charge in [0, 0.05) is 0 Å². The van der Waals surface area contributed by atoms with Gasteiger partial charge in [-0.3, -0.25) is 10.8 Å². The number of ether oxygens (including phenoxy) is 2. The highest BCUT2D eigenvalue weighted by atomic mass is 35.5. The van der Waals surface area contributed by atoms with Crippen LogP contribution in [0.4, 0.5) is 0 Å². The Hall–Kier alpha value is -0.980. The van der Waals surface area contributed by atoms with E-state index in [-0.39, 0.29) is 22.9 Å². The summed E-state index contributed by atoms with van der Waals surface area (Å²) in [5, 5.41) is 10.3. The van der Waals surface area contributed by atoms with Gasteiger partial charge in [-0.25, -0.2) is 5.84 Å². The minimum atomic E-state index is -0.246. The average Bonchev–Trinajstić information content (AvgIpc) is 2.29. The summed E-state index contributed by atoms with van der Waals surface area (Å²) in [6.07, 6.45) is 1.84. The van der Waals surface area contributed by atoms with Crippen LogP contribution in [0.25, 0.3) is 0 Å². The molecule has 92 valence electrons. The second kappa shape index (κ2) is 6.57. The van der Waals surface area contributed by atoms with Crippen molar-refractivity contribution in [2.24, 2.45) is 5.84 Å². The smallest absolute Gasteiger partial charge is 0.248 e. The van der Waals surface area contributed by atoms with Crippen molar-refractivity contribution >= 4 is 16.8 Å². The molecule has 1 saturated heterocycles. The van der Waals surface area contributed by atoms with Crippen LogP contribution in [0.5, 0.6) is 0 Å². The summed E-state index contributed by atoms with van der Waals surface area (Å²) in [4.78, 5) is 0. The Morgan fingerprint density at radius 2 is 2.12 bits per heavy atom. The van der Waals surface area contributed by atoms with Crippen molar-refractivity contribution in [2.75, 3.05) is 20.2 Å². The Labute approximate surface area is 99.6 Å². The summed E-state index contributed by atoms with van der Waals surface area (Å²) in [5.74, 6) is 5.64. The van der Waals surface area contributed by atoms with Gasteiger partial charge in [-0.2, -0.15) is 0 Å². The molecule has 5 N–H and O–H groups in total. The summed E-state index contributed by atoms with van der Waals surface area (Å²) in [6, 6.07) is 0. The first-order valence-electron chi connectivity index (χ1n) is 5.05. The van der Waals surface area contributed by atoms with E-state index in [1.807, 2.05) is 0 Å². The van der Waals surface area contributed by atoms with E-state index in [1.165, 1.54) is 7.11 Å². The maximum absolute atomic E-state index is 7.30. The topological polar surface area (TPSA) is 92.4 Å². The third-order valence-electron chi connectivity index (χ3n) is 2.31. The first-order valence-corrected chi connectivity index (χ1v) is 5.43. The molecule has 7 heteroatoms. The van der Waals surface area contributed by atoms with Gasteiger partial charge in [0.1, 0.15) is 6.10 Å². The first-order chi connectivity index (χ1) is 7.69. The highest BCUT2D eigenvalue weighted by Crippen LogP contribution is 2.15. The van der Waals surface area contributed by atoms with Crippen molar-refractivity contribution in [3.63, 3.8) is 0 Å². The number of piperidine rings is 1. The quantitative estimate of drug-likeness (QED) is 0.242. The van der Waals surface area contributed by atoms with E-state index in [0.717, 1.165) is 25.9 Å². The number of nitrogens with two attached hydrogens (primary N) is 1. The van der Waals surface area contributed by atoms with Gasteiger partial charge in [-0.1, -0.05) is 11.6 Å². The van der Waals surface area contributed by atoms with Gasteiger partial charge in [0.2, 0.25) is 11.6 Å². The zero-order chi connectivity index (χ0) is 12.0. The van der Waals surface area contributed by atoms with Crippen molar-refractivity contribution in [3.05, 3.63) is 11.6 Å². The van der Waals surface area contributed by atoms with E-state index in [2.05, 4.69) is 10.7 Å². The van der Waals surface area contributed by atoms with Crippen LogP contribution >= 0.6 is 11.6 Å². The standard InChI is InChI=1S/C9H17ClN4O2/c1-15-7(8(10)11)9(14-12)16-6-2-4-13-5-3-6/h6,11,13-14H,2-5,12H2,1H3/b9-7-,11-8?. The molecule has 0 amide bonds. The molecule has 0 aromatic rings. The molecule has 1 fully saturated rings. The van der Waals surface area contributed by atoms with Crippen molar-refractivity contribution in [2.45, 2.75) is 18.9 Å². The molecule has 0 aromatic heterocycles. The van der Waals surface area contributed by atoms with Crippen molar-refractivity contribution in [3.8, 4) is 0 Å². The Morgan fingerprint density at radius 1 is 1.50 bits per heavy atom. The highest BCUT2D eigenvalue weighted by Gasteiger charge is 2.19. The van der Waals surface area contributed by atoms with Crippen LogP contribution < -0.4 is 16.6 Å². The van der Waals surface area contributed by atoms with E-state index in [1.54, 1.807) is 0 Å². The Balaban J connectivity index is 2.68. The number of rotatable bonds is 5. The second-order valence-corrected chi connectivity index (χ2v) is 3.77. The van der Waals surface area contributed by atoms with Crippen LogP contribution in [0.3, 0.4) is 0 Å². The third-order valence-corrected chi connectivity index (χ3v) is 2.48. The maximum atomic E-state index is 7.30. The minimum Gasteiger partial charge on any atom is -0.489 e. The number of halogens is 1. The molecule has 1 aliphatic rings. The average molecular weight is 249 g/mol. The van der Waals surface area contributed by atoms with Crippen LogP contribution in [-0.2, 0) is 9.47 Å². The monoisotopic (exact) mass is 248 g/mol. The highest BCUT2D eigenvalue weighted by molar-refractivity contribution is 6.68. The minimum absolute atomic E-state index is 0.0634.